The maximum Gasteiger partial charge on any atom is 0.174 e. The Hall–Kier alpha value is -1.43. The normalized spacial score (nSPS) is 20.2. The first-order chi connectivity index (χ1) is 9.56. The van der Waals surface area contributed by atoms with Gasteiger partial charge in [0.05, 0.1) is 5.56 Å². The maximum absolute atomic E-state index is 9.02. The molecule has 1 fully saturated rings. The molecule has 1 aliphatic heterocycles. The molecule has 20 heavy (non-hydrogen) atoms. The van der Waals surface area contributed by atoms with Gasteiger partial charge in [-0.1, -0.05) is 12.1 Å². The van der Waals surface area contributed by atoms with Crippen molar-refractivity contribution in [2.75, 3.05) is 23.7 Å². The van der Waals surface area contributed by atoms with Gasteiger partial charge in [0.25, 0.3) is 0 Å². The molecule has 110 valence electrons. The molecule has 1 aromatic rings. The summed E-state index contributed by atoms with van der Waals surface area (Å²) in [6.07, 6.45) is 1.14. The summed E-state index contributed by atoms with van der Waals surface area (Å²) in [6.45, 7) is 8.07. The fourth-order valence-electron chi connectivity index (χ4n) is 2.57. The first kappa shape index (κ1) is 15.0. The summed E-state index contributed by atoms with van der Waals surface area (Å²) in [5.41, 5.74) is 8.55. The predicted octanol–water partition coefficient (Wildman–Crippen LogP) is 2.12. The molecule has 2 rings (SSSR count). The molecule has 2 heterocycles. The number of rotatable bonds is 3. The molecule has 0 aliphatic carbocycles. The number of nitrogens with two attached hydrogens (primary N) is 1. The van der Waals surface area contributed by atoms with Crippen molar-refractivity contribution in [1.29, 1.82) is 0 Å². The van der Waals surface area contributed by atoms with E-state index in [4.69, 9.17) is 10.9 Å². The van der Waals surface area contributed by atoms with Crippen molar-refractivity contribution in [2.24, 2.45) is 10.9 Å². The van der Waals surface area contributed by atoms with E-state index in [1.54, 1.807) is 0 Å². The van der Waals surface area contributed by atoms with Crippen LogP contribution in [0.15, 0.2) is 11.2 Å². The van der Waals surface area contributed by atoms with Crippen molar-refractivity contribution >= 4 is 23.4 Å². The molecule has 1 saturated heterocycles. The lowest BCUT2D eigenvalue weighted by Gasteiger charge is -2.34. The molecular weight excluding hydrogens is 272 g/mol. The van der Waals surface area contributed by atoms with Crippen LogP contribution in [0, 0.1) is 13.8 Å². The van der Waals surface area contributed by atoms with Crippen LogP contribution in [0.1, 0.15) is 30.2 Å². The predicted molar refractivity (Wildman–Crippen MR) is 85.0 cm³/mol. The summed E-state index contributed by atoms with van der Waals surface area (Å²) in [4.78, 5) is 6.90. The number of aromatic nitrogens is 1. The van der Waals surface area contributed by atoms with Crippen molar-refractivity contribution in [2.45, 2.75) is 32.4 Å². The Bertz CT molecular complexity index is 518. The van der Waals surface area contributed by atoms with E-state index in [9.17, 15) is 0 Å². The zero-order valence-corrected chi connectivity index (χ0v) is 13.1. The average Bonchev–Trinajstić information content (AvgIpc) is 2.45. The zero-order valence-electron chi connectivity index (χ0n) is 12.3. The van der Waals surface area contributed by atoms with Crippen molar-refractivity contribution in [3.63, 3.8) is 0 Å². The second-order valence-electron chi connectivity index (χ2n) is 5.11. The molecule has 0 saturated carbocycles. The van der Waals surface area contributed by atoms with Crippen LogP contribution in [0.4, 0.5) is 5.82 Å². The molecular formula is C14H22N4OS. The number of anilines is 1. The quantitative estimate of drug-likeness (QED) is 0.386. The number of amidine groups is 1. The summed E-state index contributed by atoms with van der Waals surface area (Å²) in [5.74, 6) is 2.07. The Morgan fingerprint density at radius 3 is 3.00 bits per heavy atom. The summed E-state index contributed by atoms with van der Waals surface area (Å²) in [5, 5.41) is 12.8. The number of pyridine rings is 1. The highest BCUT2D eigenvalue weighted by Gasteiger charge is 2.24. The highest BCUT2D eigenvalue weighted by Crippen LogP contribution is 2.28. The minimum Gasteiger partial charge on any atom is -0.409 e. The van der Waals surface area contributed by atoms with Crippen LogP contribution in [0.2, 0.25) is 0 Å². The molecule has 0 aromatic carbocycles. The lowest BCUT2D eigenvalue weighted by Crippen LogP contribution is -2.39. The van der Waals surface area contributed by atoms with Gasteiger partial charge in [-0.15, -0.1) is 0 Å². The molecule has 0 bridgehead atoms. The Kier molecular flexibility index (Phi) is 4.75. The second kappa shape index (κ2) is 6.35. The molecule has 3 N–H and O–H groups in total. The molecule has 1 aliphatic rings. The van der Waals surface area contributed by atoms with E-state index in [1.807, 2.05) is 31.7 Å². The van der Waals surface area contributed by atoms with E-state index in [2.05, 4.69) is 22.0 Å². The largest absolute Gasteiger partial charge is 0.409 e. The summed E-state index contributed by atoms with van der Waals surface area (Å²) >= 11 is 2.01. The Morgan fingerprint density at radius 2 is 2.35 bits per heavy atom. The van der Waals surface area contributed by atoms with Gasteiger partial charge in [0, 0.05) is 29.8 Å². The van der Waals surface area contributed by atoms with Crippen LogP contribution >= 0.6 is 11.8 Å². The number of hydrogen-bond acceptors (Lipinski definition) is 5. The molecule has 6 heteroatoms. The van der Waals surface area contributed by atoms with E-state index in [0.717, 1.165) is 47.9 Å². The molecule has 0 radical (unpaired) electrons. The fourth-order valence-corrected chi connectivity index (χ4v) is 3.75. The van der Waals surface area contributed by atoms with Gasteiger partial charge in [-0.05, 0) is 31.9 Å². The lowest BCUT2D eigenvalue weighted by molar-refractivity contribution is 0.318. The third-order valence-corrected chi connectivity index (χ3v) is 4.96. The molecule has 0 amide bonds. The van der Waals surface area contributed by atoms with Crippen molar-refractivity contribution < 1.29 is 5.21 Å². The van der Waals surface area contributed by atoms with E-state index >= 15 is 0 Å². The van der Waals surface area contributed by atoms with Crippen LogP contribution < -0.4 is 10.6 Å². The van der Waals surface area contributed by atoms with Crippen LogP contribution in [-0.2, 0) is 0 Å². The minimum atomic E-state index is 0.135. The number of thioether (sulfide) groups is 1. The number of hydrogen-bond donors (Lipinski definition) is 2. The highest BCUT2D eigenvalue weighted by atomic mass is 32.2. The van der Waals surface area contributed by atoms with E-state index < -0.39 is 0 Å². The van der Waals surface area contributed by atoms with Gasteiger partial charge in [0.15, 0.2) is 5.84 Å². The van der Waals surface area contributed by atoms with E-state index in [1.165, 1.54) is 0 Å². The Labute approximate surface area is 124 Å². The topological polar surface area (TPSA) is 74.7 Å². The van der Waals surface area contributed by atoms with Crippen molar-refractivity contribution in [1.82, 2.24) is 4.98 Å². The Morgan fingerprint density at radius 1 is 1.60 bits per heavy atom. The molecule has 1 atom stereocenters. The maximum atomic E-state index is 9.02. The van der Waals surface area contributed by atoms with Gasteiger partial charge in [-0.2, -0.15) is 11.8 Å². The monoisotopic (exact) mass is 294 g/mol. The van der Waals surface area contributed by atoms with Gasteiger partial charge in [0.2, 0.25) is 0 Å². The molecule has 5 nitrogen and oxygen atoms in total. The first-order valence-corrected chi connectivity index (χ1v) is 7.94. The fraction of sp³-hybridized carbons (Fsp3) is 0.571. The average molecular weight is 294 g/mol. The number of aryl methyl sites for hydroxylation is 2. The lowest BCUT2D eigenvalue weighted by atomic mass is 10.1. The van der Waals surface area contributed by atoms with E-state index in [0.29, 0.717) is 5.25 Å². The molecule has 1 unspecified atom stereocenters. The van der Waals surface area contributed by atoms with Crippen LogP contribution in [0.3, 0.4) is 0 Å². The molecule has 0 spiro atoms. The summed E-state index contributed by atoms with van der Waals surface area (Å²) < 4.78 is 0. The van der Waals surface area contributed by atoms with Crippen molar-refractivity contribution in [3.05, 3.63) is 22.9 Å². The second-order valence-corrected chi connectivity index (χ2v) is 6.52. The smallest absolute Gasteiger partial charge is 0.174 e. The zero-order chi connectivity index (χ0) is 14.7. The van der Waals surface area contributed by atoms with Gasteiger partial charge < -0.3 is 15.8 Å². The Balaban J connectivity index is 2.44. The van der Waals surface area contributed by atoms with Gasteiger partial charge in [0.1, 0.15) is 5.82 Å². The highest BCUT2D eigenvalue weighted by molar-refractivity contribution is 8.00. The summed E-state index contributed by atoms with van der Waals surface area (Å²) in [7, 11) is 0. The first-order valence-electron chi connectivity index (χ1n) is 6.89. The number of oxime groups is 1. The van der Waals surface area contributed by atoms with Crippen LogP contribution in [-0.4, -0.2) is 40.1 Å². The van der Waals surface area contributed by atoms with Gasteiger partial charge in [-0.25, -0.2) is 4.98 Å². The summed E-state index contributed by atoms with van der Waals surface area (Å²) in [6, 6.07) is 1.97. The molecule has 1 aromatic heterocycles. The van der Waals surface area contributed by atoms with Crippen molar-refractivity contribution in [3.8, 4) is 0 Å². The van der Waals surface area contributed by atoms with Crippen LogP contribution in [0.5, 0.6) is 0 Å². The van der Waals surface area contributed by atoms with Crippen LogP contribution in [0.25, 0.3) is 0 Å². The SMILES string of the molecule is CCC1CN(c2nc(C)cc(C)c2/C(N)=N/O)CCS1. The standard InChI is InChI=1S/C14H22N4OS/c1-4-11-8-18(5-6-20-11)14-12(13(15)17-19)9(2)7-10(3)16-14/h7,11,19H,4-6,8H2,1-3H3,(H2,15,17). The van der Waals surface area contributed by atoms with E-state index in [-0.39, 0.29) is 5.84 Å². The minimum absolute atomic E-state index is 0.135. The third-order valence-electron chi connectivity index (χ3n) is 3.58. The van der Waals surface area contributed by atoms with Gasteiger partial charge >= 0.3 is 0 Å². The van der Waals surface area contributed by atoms with Gasteiger partial charge in [-0.3, -0.25) is 0 Å². The third kappa shape index (κ3) is 3.00. The number of nitrogens with zero attached hydrogens (tertiary/aromatic N) is 3.